The molecule has 18 heavy (non-hydrogen) atoms. The van der Waals surface area contributed by atoms with Gasteiger partial charge in [-0.05, 0) is 23.6 Å². The van der Waals surface area contributed by atoms with Gasteiger partial charge in [-0.25, -0.2) is 5.10 Å². The molecule has 1 amide bonds. The average Bonchev–Trinajstić information content (AvgIpc) is 2.81. The van der Waals surface area contributed by atoms with E-state index in [1.165, 1.54) is 12.4 Å². The molecule has 94 valence electrons. The number of benzene rings is 1. The molecule has 0 spiro atoms. The van der Waals surface area contributed by atoms with E-state index in [1.54, 1.807) is 12.1 Å². The Morgan fingerprint density at radius 3 is 2.83 bits per heavy atom. The lowest BCUT2D eigenvalue weighted by atomic mass is 10.00. The summed E-state index contributed by atoms with van der Waals surface area (Å²) < 4.78 is 0. The van der Waals surface area contributed by atoms with Crippen molar-refractivity contribution in [2.24, 2.45) is 0 Å². The highest BCUT2D eigenvalue weighted by Gasteiger charge is 2.14. The largest absolute Gasteiger partial charge is 0.507 e. The standard InChI is InChI=1S/C12H14N4O2/c1-7(2)8-3-4-10(17)9(5-8)11(18)15-12-13-6-14-16-12/h3-7,17H,1-2H3,(H2,13,14,15,16,18). The van der Waals surface area contributed by atoms with E-state index in [2.05, 4.69) is 20.5 Å². The van der Waals surface area contributed by atoms with Crippen LogP contribution >= 0.6 is 0 Å². The Morgan fingerprint density at radius 2 is 2.22 bits per heavy atom. The molecule has 1 aromatic heterocycles. The van der Waals surface area contributed by atoms with Crippen molar-refractivity contribution in [3.63, 3.8) is 0 Å². The summed E-state index contributed by atoms with van der Waals surface area (Å²) in [7, 11) is 0. The van der Waals surface area contributed by atoms with Gasteiger partial charge >= 0.3 is 0 Å². The molecule has 0 unspecified atom stereocenters. The third-order valence-electron chi connectivity index (χ3n) is 2.58. The summed E-state index contributed by atoms with van der Waals surface area (Å²) in [4.78, 5) is 15.7. The first-order valence-electron chi connectivity index (χ1n) is 5.57. The van der Waals surface area contributed by atoms with E-state index in [0.717, 1.165) is 5.56 Å². The van der Waals surface area contributed by atoms with E-state index >= 15 is 0 Å². The SMILES string of the molecule is CC(C)c1ccc(O)c(C(=O)Nc2ncn[nH]2)c1. The monoisotopic (exact) mass is 246 g/mol. The van der Waals surface area contributed by atoms with Gasteiger partial charge in [0.05, 0.1) is 5.56 Å². The smallest absolute Gasteiger partial charge is 0.261 e. The van der Waals surface area contributed by atoms with Crippen molar-refractivity contribution >= 4 is 11.9 Å². The summed E-state index contributed by atoms with van der Waals surface area (Å²) in [5, 5.41) is 18.4. The Hall–Kier alpha value is -2.37. The summed E-state index contributed by atoms with van der Waals surface area (Å²) in [6.07, 6.45) is 1.29. The van der Waals surface area contributed by atoms with E-state index in [0.29, 0.717) is 0 Å². The summed E-state index contributed by atoms with van der Waals surface area (Å²) in [5.41, 5.74) is 1.20. The second-order valence-corrected chi connectivity index (χ2v) is 4.22. The molecule has 6 nitrogen and oxygen atoms in total. The van der Waals surface area contributed by atoms with E-state index in [-0.39, 0.29) is 23.2 Å². The Kier molecular flexibility index (Phi) is 3.27. The van der Waals surface area contributed by atoms with Crippen molar-refractivity contribution in [1.29, 1.82) is 0 Å². The number of aromatic nitrogens is 3. The van der Waals surface area contributed by atoms with Gasteiger partial charge in [-0.3, -0.25) is 10.1 Å². The third kappa shape index (κ3) is 2.48. The molecule has 0 saturated carbocycles. The van der Waals surface area contributed by atoms with Gasteiger partial charge in [-0.15, -0.1) is 0 Å². The highest BCUT2D eigenvalue weighted by molar-refractivity contribution is 6.05. The number of aromatic hydroxyl groups is 1. The van der Waals surface area contributed by atoms with Crippen molar-refractivity contribution in [1.82, 2.24) is 15.2 Å². The zero-order valence-corrected chi connectivity index (χ0v) is 10.1. The van der Waals surface area contributed by atoms with E-state index < -0.39 is 5.91 Å². The average molecular weight is 246 g/mol. The Bertz CT molecular complexity index is 549. The van der Waals surface area contributed by atoms with Crippen LogP contribution in [0.1, 0.15) is 35.7 Å². The van der Waals surface area contributed by atoms with Crippen LogP contribution in [0.2, 0.25) is 0 Å². The van der Waals surface area contributed by atoms with Crippen LogP contribution in [-0.2, 0) is 0 Å². The number of carbonyl (C=O) groups is 1. The lowest BCUT2D eigenvalue weighted by Gasteiger charge is -2.09. The predicted octanol–water partition coefficient (Wildman–Crippen LogP) is 1.89. The molecular formula is C12H14N4O2. The minimum Gasteiger partial charge on any atom is -0.507 e. The van der Waals surface area contributed by atoms with E-state index in [4.69, 9.17) is 0 Å². The zero-order valence-electron chi connectivity index (χ0n) is 10.1. The summed E-state index contributed by atoms with van der Waals surface area (Å²) in [5.74, 6) is 0.0416. The minimum atomic E-state index is -0.424. The molecule has 2 aromatic rings. The molecule has 1 heterocycles. The summed E-state index contributed by atoms with van der Waals surface area (Å²) in [6.45, 7) is 4.04. The normalized spacial score (nSPS) is 10.6. The number of hydrogen-bond acceptors (Lipinski definition) is 4. The molecule has 0 aliphatic rings. The van der Waals surface area contributed by atoms with Crippen LogP contribution in [0.5, 0.6) is 5.75 Å². The van der Waals surface area contributed by atoms with Gasteiger partial charge in [-0.2, -0.15) is 10.1 Å². The van der Waals surface area contributed by atoms with Gasteiger partial charge in [0.2, 0.25) is 5.95 Å². The quantitative estimate of drug-likeness (QED) is 0.771. The van der Waals surface area contributed by atoms with Crippen molar-refractivity contribution in [3.05, 3.63) is 35.7 Å². The molecule has 1 aromatic carbocycles. The minimum absolute atomic E-state index is 0.0589. The van der Waals surface area contributed by atoms with Crippen molar-refractivity contribution < 1.29 is 9.90 Å². The topological polar surface area (TPSA) is 90.9 Å². The molecule has 0 atom stereocenters. The van der Waals surface area contributed by atoms with Crippen LogP contribution in [0.25, 0.3) is 0 Å². The number of carbonyl (C=O) groups excluding carboxylic acids is 1. The Labute approximate surface area is 104 Å². The molecule has 0 saturated heterocycles. The lowest BCUT2D eigenvalue weighted by Crippen LogP contribution is -2.13. The number of phenols is 1. The number of nitrogens with zero attached hydrogens (tertiary/aromatic N) is 2. The fourth-order valence-electron chi connectivity index (χ4n) is 1.54. The predicted molar refractivity (Wildman–Crippen MR) is 66.5 cm³/mol. The number of hydrogen-bond donors (Lipinski definition) is 3. The highest BCUT2D eigenvalue weighted by atomic mass is 16.3. The molecule has 0 fully saturated rings. The molecule has 2 rings (SSSR count). The van der Waals surface area contributed by atoms with Crippen LogP contribution in [0.3, 0.4) is 0 Å². The number of amides is 1. The third-order valence-corrected chi connectivity index (χ3v) is 2.58. The van der Waals surface area contributed by atoms with E-state index in [1.807, 2.05) is 13.8 Å². The first-order chi connectivity index (χ1) is 8.58. The second-order valence-electron chi connectivity index (χ2n) is 4.22. The molecule has 0 aliphatic heterocycles. The Morgan fingerprint density at radius 1 is 1.44 bits per heavy atom. The van der Waals surface area contributed by atoms with Gasteiger partial charge < -0.3 is 5.11 Å². The number of H-pyrrole nitrogens is 1. The van der Waals surface area contributed by atoms with Crippen molar-refractivity contribution in [2.45, 2.75) is 19.8 Å². The van der Waals surface area contributed by atoms with E-state index in [9.17, 15) is 9.90 Å². The zero-order chi connectivity index (χ0) is 13.1. The number of anilines is 1. The van der Waals surface area contributed by atoms with Gasteiger partial charge in [0, 0.05) is 0 Å². The van der Waals surface area contributed by atoms with Crippen LogP contribution in [-0.4, -0.2) is 26.2 Å². The maximum Gasteiger partial charge on any atom is 0.261 e. The van der Waals surface area contributed by atoms with Crippen molar-refractivity contribution in [3.8, 4) is 5.75 Å². The highest BCUT2D eigenvalue weighted by Crippen LogP contribution is 2.23. The maximum atomic E-state index is 11.9. The molecular weight excluding hydrogens is 232 g/mol. The van der Waals surface area contributed by atoms with Crippen LogP contribution < -0.4 is 5.32 Å². The molecule has 0 aliphatic carbocycles. The van der Waals surface area contributed by atoms with Gasteiger partial charge in [0.15, 0.2) is 0 Å². The summed E-state index contributed by atoms with van der Waals surface area (Å²) >= 11 is 0. The number of rotatable bonds is 3. The molecule has 0 radical (unpaired) electrons. The van der Waals surface area contributed by atoms with Crippen LogP contribution in [0.4, 0.5) is 5.95 Å². The maximum absolute atomic E-state index is 11.9. The number of phenolic OH excluding ortho intramolecular Hbond substituents is 1. The molecule has 6 heteroatoms. The summed E-state index contributed by atoms with van der Waals surface area (Å²) in [6, 6.07) is 4.99. The Balaban J connectivity index is 2.26. The van der Waals surface area contributed by atoms with Gasteiger partial charge in [0.1, 0.15) is 12.1 Å². The lowest BCUT2D eigenvalue weighted by molar-refractivity contribution is 0.102. The number of nitrogens with one attached hydrogen (secondary N) is 2. The first-order valence-corrected chi connectivity index (χ1v) is 5.57. The molecule has 3 N–H and O–H groups in total. The fraction of sp³-hybridized carbons (Fsp3) is 0.250. The number of aromatic amines is 1. The second kappa shape index (κ2) is 4.87. The van der Waals surface area contributed by atoms with Crippen LogP contribution in [0, 0.1) is 0 Å². The van der Waals surface area contributed by atoms with Gasteiger partial charge in [0.25, 0.3) is 5.91 Å². The van der Waals surface area contributed by atoms with Crippen LogP contribution in [0.15, 0.2) is 24.5 Å². The fourth-order valence-corrected chi connectivity index (χ4v) is 1.54. The van der Waals surface area contributed by atoms with Crippen molar-refractivity contribution in [2.75, 3.05) is 5.32 Å². The first kappa shape index (κ1) is 12.1. The van der Waals surface area contributed by atoms with Gasteiger partial charge in [-0.1, -0.05) is 19.9 Å². The molecule has 0 bridgehead atoms.